The van der Waals surface area contributed by atoms with E-state index in [1.165, 1.54) is 0 Å². The molecule has 2 aromatic carbocycles. The molecule has 8 heteroatoms. The summed E-state index contributed by atoms with van der Waals surface area (Å²) in [7, 11) is 3.13. The third-order valence-corrected chi connectivity index (χ3v) is 6.54. The molecular formula is C23H25Cl2N3O3. The number of ether oxygens (including phenoxy) is 2. The number of nitrogens with two attached hydrogens (primary N) is 1. The Morgan fingerprint density at radius 3 is 2.23 bits per heavy atom. The molecule has 1 fully saturated rings. The molecule has 3 aromatic rings. The number of nitrogen functional groups attached to an aromatic ring is 1. The minimum Gasteiger partial charge on any atom is -0.493 e. The SMILES string of the molecule is COc1cc2c(N)c(N3CCCCC3)c(=O)n(Cc3c(Cl)cccc3Cl)c2cc1OC. The first kappa shape index (κ1) is 21.7. The highest BCUT2D eigenvalue weighted by Crippen LogP contribution is 2.38. The van der Waals surface area contributed by atoms with E-state index in [1.807, 2.05) is 6.07 Å². The molecule has 0 atom stereocenters. The van der Waals surface area contributed by atoms with Crippen LogP contribution < -0.4 is 25.7 Å². The number of hydrogen-bond acceptors (Lipinski definition) is 5. The summed E-state index contributed by atoms with van der Waals surface area (Å²) < 4.78 is 12.6. The fraction of sp³-hybridized carbons (Fsp3) is 0.348. The van der Waals surface area contributed by atoms with Gasteiger partial charge in [-0.3, -0.25) is 4.79 Å². The van der Waals surface area contributed by atoms with Crippen LogP contribution in [-0.2, 0) is 6.54 Å². The van der Waals surface area contributed by atoms with E-state index in [2.05, 4.69) is 4.90 Å². The van der Waals surface area contributed by atoms with Gasteiger partial charge < -0.3 is 24.7 Å². The maximum absolute atomic E-state index is 13.8. The van der Waals surface area contributed by atoms with Crippen LogP contribution >= 0.6 is 23.2 Å². The number of piperidine rings is 1. The number of hydrogen-bond donors (Lipinski definition) is 1. The van der Waals surface area contributed by atoms with Gasteiger partial charge in [-0.2, -0.15) is 0 Å². The monoisotopic (exact) mass is 461 g/mol. The molecular weight excluding hydrogens is 437 g/mol. The average molecular weight is 462 g/mol. The molecule has 0 aliphatic carbocycles. The van der Waals surface area contributed by atoms with Gasteiger partial charge in [-0.15, -0.1) is 0 Å². The number of halogens is 2. The van der Waals surface area contributed by atoms with Crippen LogP contribution in [0, 0.1) is 0 Å². The molecule has 6 nitrogen and oxygen atoms in total. The lowest BCUT2D eigenvalue weighted by atomic mass is 10.1. The zero-order valence-corrected chi connectivity index (χ0v) is 19.1. The van der Waals surface area contributed by atoms with E-state index in [0.717, 1.165) is 37.7 Å². The fourth-order valence-electron chi connectivity index (χ4n) is 4.21. The molecule has 4 rings (SSSR count). The van der Waals surface area contributed by atoms with Crippen LogP contribution in [0.3, 0.4) is 0 Å². The second kappa shape index (κ2) is 8.89. The summed E-state index contributed by atoms with van der Waals surface area (Å²) in [6.45, 7) is 1.81. The van der Waals surface area contributed by atoms with Crippen LogP contribution in [0.25, 0.3) is 10.9 Å². The molecule has 2 N–H and O–H groups in total. The molecule has 0 radical (unpaired) electrons. The van der Waals surface area contributed by atoms with Crippen molar-refractivity contribution in [1.29, 1.82) is 0 Å². The van der Waals surface area contributed by atoms with Gasteiger partial charge in [0.05, 0.1) is 32.0 Å². The van der Waals surface area contributed by atoms with E-state index >= 15 is 0 Å². The van der Waals surface area contributed by atoms with Crippen LogP contribution in [0.1, 0.15) is 24.8 Å². The molecule has 31 heavy (non-hydrogen) atoms. The van der Waals surface area contributed by atoms with Crippen molar-refractivity contribution in [3.63, 3.8) is 0 Å². The van der Waals surface area contributed by atoms with E-state index in [0.29, 0.717) is 44.0 Å². The lowest BCUT2D eigenvalue weighted by Crippen LogP contribution is -2.37. The predicted molar refractivity (Wildman–Crippen MR) is 127 cm³/mol. The lowest BCUT2D eigenvalue weighted by molar-refractivity contribution is 0.355. The van der Waals surface area contributed by atoms with E-state index in [4.69, 9.17) is 38.4 Å². The van der Waals surface area contributed by atoms with Crippen molar-refractivity contribution in [1.82, 2.24) is 4.57 Å². The van der Waals surface area contributed by atoms with Gasteiger partial charge in [-0.05, 0) is 37.5 Å². The van der Waals surface area contributed by atoms with Crippen molar-refractivity contribution >= 4 is 45.5 Å². The zero-order valence-electron chi connectivity index (χ0n) is 17.6. The van der Waals surface area contributed by atoms with Gasteiger partial charge in [-0.1, -0.05) is 29.3 Å². The Hall–Kier alpha value is -2.57. The van der Waals surface area contributed by atoms with Crippen molar-refractivity contribution in [3.05, 3.63) is 56.3 Å². The third-order valence-electron chi connectivity index (χ3n) is 5.84. The number of rotatable bonds is 5. The summed E-state index contributed by atoms with van der Waals surface area (Å²) in [5, 5.41) is 1.73. The Bertz CT molecular complexity index is 1170. The number of fused-ring (bicyclic) bond motifs is 1. The van der Waals surface area contributed by atoms with Crippen LogP contribution in [-0.4, -0.2) is 31.9 Å². The number of nitrogens with zero attached hydrogens (tertiary/aromatic N) is 2. The molecule has 1 saturated heterocycles. The van der Waals surface area contributed by atoms with Crippen LogP contribution in [0.15, 0.2) is 35.1 Å². The number of aromatic nitrogens is 1. The molecule has 164 valence electrons. The van der Waals surface area contributed by atoms with Crippen LogP contribution in [0.2, 0.25) is 10.0 Å². The van der Waals surface area contributed by atoms with Crippen molar-refractivity contribution < 1.29 is 9.47 Å². The molecule has 0 amide bonds. The standard InChI is InChI=1S/C23H25Cl2N3O3/c1-30-19-11-14-18(12-20(19)31-2)28(13-15-16(24)7-6-8-17(15)25)23(29)22(21(14)26)27-9-4-3-5-10-27/h6-8,11-12H,3-5,9-10,13,26H2,1-2H3. The Labute approximate surface area is 191 Å². The summed E-state index contributed by atoms with van der Waals surface area (Å²) in [6.07, 6.45) is 3.21. The van der Waals surface area contributed by atoms with Gasteiger partial charge >= 0.3 is 0 Å². The largest absolute Gasteiger partial charge is 0.493 e. The first-order valence-corrected chi connectivity index (χ1v) is 11.0. The predicted octanol–water partition coefficient (Wildman–Crippen LogP) is 4.95. The van der Waals surface area contributed by atoms with E-state index < -0.39 is 0 Å². The molecule has 1 aromatic heterocycles. The van der Waals surface area contributed by atoms with Gasteiger partial charge in [-0.25, -0.2) is 0 Å². The molecule has 2 heterocycles. The lowest BCUT2D eigenvalue weighted by Gasteiger charge is -2.30. The van der Waals surface area contributed by atoms with Gasteiger partial charge in [0.2, 0.25) is 0 Å². The van der Waals surface area contributed by atoms with Gasteiger partial charge in [0, 0.05) is 40.2 Å². The molecule has 0 spiro atoms. The van der Waals surface area contributed by atoms with Crippen molar-refractivity contribution in [2.75, 3.05) is 37.9 Å². The number of methoxy groups -OCH3 is 2. The van der Waals surface area contributed by atoms with Gasteiger partial charge in [0.15, 0.2) is 11.5 Å². The van der Waals surface area contributed by atoms with Gasteiger partial charge in [0.1, 0.15) is 5.69 Å². The second-order valence-corrected chi connectivity index (χ2v) is 8.44. The maximum Gasteiger partial charge on any atom is 0.277 e. The smallest absolute Gasteiger partial charge is 0.277 e. The Balaban J connectivity index is 2.02. The molecule has 0 unspecified atom stereocenters. The third kappa shape index (κ3) is 3.90. The second-order valence-electron chi connectivity index (χ2n) is 7.63. The highest BCUT2D eigenvalue weighted by atomic mass is 35.5. The molecule has 0 bridgehead atoms. The fourth-order valence-corrected chi connectivity index (χ4v) is 4.73. The zero-order chi connectivity index (χ0) is 22.1. The number of pyridine rings is 1. The summed E-state index contributed by atoms with van der Waals surface area (Å²) in [5.41, 5.74) is 8.69. The first-order valence-electron chi connectivity index (χ1n) is 10.2. The number of benzene rings is 2. The van der Waals surface area contributed by atoms with Crippen LogP contribution in [0.5, 0.6) is 11.5 Å². The summed E-state index contributed by atoms with van der Waals surface area (Å²) >= 11 is 12.9. The topological polar surface area (TPSA) is 69.7 Å². The van der Waals surface area contributed by atoms with E-state index in [9.17, 15) is 4.79 Å². The maximum atomic E-state index is 13.8. The van der Waals surface area contributed by atoms with Crippen LogP contribution in [0.4, 0.5) is 11.4 Å². The first-order chi connectivity index (χ1) is 15.0. The highest BCUT2D eigenvalue weighted by molar-refractivity contribution is 6.36. The van der Waals surface area contributed by atoms with Crippen molar-refractivity contribution in [2.45, 2.75) is 25.8 Å². The minimum atomic E-state index is -0.171. The summed E-state index contributed by atoms with van der Waals surface area (Å²) in [4.78, 5) is 15.9. The number of anilines is 2. The minimum absolute atomic E-state index is 0.171. The Morgan fingerprint density at radius 2 is 1.61 bits per heavy atom. The van der Waals surface area contributed by atoms with E-state index in [-0.39, 0.29) is 12.1 Å². The normalized spacial score (nSPS) is 14.1. The highest BCUT2D eigenvalue weighted by Gasteiger charge is 2.24. The van der Waals surface area contributed by atoms with E-state index in [1.54, 1.807) is 43.1 Å². The Kier molecular flexibility index (Phi) is 6.21. The molecule has 1 aliphatic heterocycles. The Morgan fingerprint density at radius 1 is 1.00 bits per heavy atom. The summed E-state index contributed by atoms with van der Waals surface area (Å²) in [5.74, 6) is 1.06. The average Bonchev–Trinajstić information content (AvgIpc) is 2.78. The van der Waals surface area contributed by atoms with Crippen molar-refractivity contribution in [3.8, 4) is 11.5 Å². The quantitative estimate of drug-likeness (QED) is 0.582. The van der Waals surface area contributed by atoms with Gasteiger partial charge in [0.25, 0.3) is 5.56 Å². The molecule has 0 saturated carbocycles. The summed E-state index contributed by atoms with van der Waals surface area (Å²) in [6, 6.07) is 8.91. The molecule has 1 aliphatic rings. The van der Waals surface area contributed by atoms with Crippen molar-refractivity contribution in [2.24, 2.45) is 0 Å².